The Morgan fingerprint density at radius 1 is 1.23 bits per heavy atom. The predicted octanol–water partition coefficient (Wildman–Crippen LogP) is 4.20. The molecule has 4 heterocycles. The Balaban J connectivity index is 1.21. The molecule has 1 aliphatic carbocycles. The van der Waals surface area contributed by atoms with Gasteiger partial charge in [0, 0.05) is 23.9 Å². The average Bonchev–Trinajstić information content (AvgIpc) is 3.49. The first-order valence-corrected chi connectivity index (χ1v) is 11.8. The fraction of sp³-hybridized carbons (Fsp3) is 0.545. The molecule has 1 atom stereocenters. The van der Waals surface area contributed by atoms with Crippen LogP contribution < -0.4 is 0 Å². The molecule has 3 aromatic rings. The number of pyridine rings is 1. The van der Waals surface area contributed by atoms with Gasteiger partial charge < -0.3 is 0 Å². The number of carbonyl (C=O) groups is 1. The van der Waals surface area contributed by atoms with Crippen molar-refractivity contribution in [3.63, 3.8) is 0 Å². The first-order valence-electron chi connectivity index (χ1n) is 10.9. The van der Waals surface area contributed by atoms with Gasteiger partial charge in [-0.15, -0.1) is 21.5 Å². The molecule has 1 saturated carbocycles. The number of carbonyl (C=O) groups excluding carboxylic acids is 1. The van der Waals surface area contributed by atoms with E-state index in [0.29, 0.717) is 18.3 Å². The number of thiazole rings is 1. The second-order valence-electron chi connectivity index (χ2n) is 8.65. The highest BCUT2D eigenvalue weighted by atomic mass is 32.1. The lowest BCUT2D eigenvalue weighted by Gasteiger charge is -2.31. The maximum Gasteiger partial charge on any atom is 0.249 e. The number of rotatable bonds is 4. The minimum atomic E-state index is -0.337. The van der Waals surface area contributed by atoms with Gasteiger partial charge in [-0.1, -0.05) is 0 Å². The molecule has 9 heteroatoms. The molecular formula is C22H26FN5O2S. The van der Waals surface area contributed by atoms with Gasteiger partial charge in [0.05, 0.1) is 17.3 Å². The van der Waals surface area contributed by atoms with E-state index < -0.39 is 0 Å². The van der Waals surface area contributed by atoms with Gasteiger partial charge in [0.1, 0.15) is 11.9 Å². The number of hydrogen-bond acceptors (Lipinski definition) is 6. The quantitative estimate of drug-likeness (QED) is 0.604. The molecule has 7 nitrogen and oxygen atoms in total. The van der Waals surface area contributed by atoms with Crippen LogP contribution in [0.5, 0.6) is 0 Å². The van der Waals surface area contributed by atoms with E-state index in [9.17, 15) is 9.18 Å². The third-order valence-electron chi connectivity index (χ3n) is 6.51. The van der Waals surface area contributed by atoms with Gasteiger partial charge >= 0.3 is 0 Å². The molecule has 3 aromatic heterocycles. The van der Waals surface area contributed by atoms with E-state index in [4.69, 9.17) is 4.84 Å². The van der Waals surface area contributed by atoms with E-state index in [2.05, 4.69) is 15.2 Å². The number of nitrogens with zero attached hydrogens (tertiary/aromatic N) is 5. The summed E-state index contributed by atoms with van der Waals surface area (Å²) in [6.07, 6.45) is 7.10. The fourth-order valence-corrected chi connectivity index (χ4v) is 5.50. The van der Waals surface area contributed by atoms with Crippen LogP contribution in [0.1, 0.15) is 60.2 Å². The van der Waals surface area contributed by atoms with Crippen molar-refractivity contribution in [1.82, 2.24) is 24.6 Å². The van der Waals surface area contributed by atoms with Crippen LogP contribution in [0.2, 0.25) is 0 Å². The van der Waals surface area contributed by atoms with Crippen molar-refractivity contribution in [2.75, 3.05) is 6.61 Å². The van der Waals surface area contributed by atoms with Crippen molar-refractivity contribution in [2.24, 2.45) is 11.8 Å². The van der Waals surface area contributed by atoms with Crippen LogP contribution in [0.25, 0.3) is 5.65 Å². The highest BCUT2D eigenvalue weighted by Crippen LogP contribution is 2.37. The van der Waals surface area contributed by atoms with Crippen LogP contribution in [-0.4, -0.2) is 37.2 Å². The normalized spacial score (nSPS) is 24.2. The zero-order valence-electron chi connectivity index (χ0n) is 17.8. The number of aromatic nitrogens is 4. The smallest absolute Gasteiger partial charge is 0.249 e. The summed E-state index contributed by atoms with van der Waals surface area (Å²) in [4.78, 5) is 23.4. The van der Waals surface area contributed by atoms with Gasteiger partial charge in [-0.05, 0) is 63.5 Å². The summed E-state index contributed by atoms with van der Waals surface area (Å²) < 4.78 is 16.1. The number of hydroxylamine groups is 2. The van der Waals surface area contributed by atoms with Gasteiger partial charge in [-0.2, -0.15) is 0 Å². The third kappa shape index (κ3) is 3.96. The number of fused-ring (bicyclic) bond motifs is 1. The van der Waals surface area contributed by atoms with Crippen molar-refractivity contribution in [1.29, 1.82) is 0 Å². The zero-order valence-corrected chi connectivity index (χ0v) is 18.6. The van der Waals surface area contributed by atoms with Crippen LogP contribution in [0.3, 0.4) is 0 Å². The topological polar surface area (TPSA) is 72.6 Å². The van der Waals surface area contributed by atoms with Crippen LogP contribution in [0.4, 0.5) is 4.39 Å². The van der Waals surface area contributed by atoms with Crippen LogP contribution >= 0.6 is 11.3 Å². The highest BCUT2D eigenvalue weighted by Gasteiger charge is 2.38. The number of halogens is 1. The number of hydrogen-bond donors (Lipinski definition) is 0. The van der Waals surface area contributed by atoms with Crippen LogP contribution in [0, 0.1) is 31.5 Å². The van der Waals surface area contributed by atoms with E-state index in [1.807, 2.05) is 25.4 Å². The Labute approximate surface area is 184 Å². The van der Waals surface area contributed by atoms with E-state index in [-0.39, 0.29) is 29.3 Å². The fourth-order valence-electron chi connectivity index (χ4n) is 4.84. The summed E-state index contributed by atoms with van der Waals surface area (Å²) in [6, 6.07) is 1.50. The van der Waals surface area contributed by atoms with E-state index in [1.165, 1.54) is 0 Å². The molecule has 0 aromatic carbocycles. The molecular weight excluding hydrogens is 417 g/mol. The molecule has 0 spiro atoms. The standard InChI is InChI=1S/C22H26FN5O2S/c1-13-25-26-21-18(23)10-16(11-27(13)21)9-15-3-5-17(6-4-15)22(29)28-20(7-8-30-28)19-12-31-14(2)24-19/h10-12,15,17,20H,3-9H2,1-2H3/t15-,17-,20-/m0/s1. The minimum Gasteiger partial charge on any atom is -0.284 e. The summed E-state index contributed by atoms with van der Waals surface area (Å²) in [5.74, 6) is 0.848. The maximum atomic E-state index is 14.3. The Morgan fingerprint density at radius 3 is 2.77 bits per heavy atom. The van der Waals surface area contributed by atoms with Crippen molar-refractivity contribution < 1.29 is 14.0 Å². The molecule has 164 valence electrons. The molecule has 1 amide bonds. The molecule has 0 N–H and O–H groups in total. The summed E-state index contributed by atoms with van der Waals surface area (Å²) in [5, 5.41) is 12.5. The van der Waals surface area contributed by atoms with Crippen molar-refractivity contribution in [2.45, 2.75) is 58.4 Å². The summed E-state index contributed by atoms with van der Waals surface area (Å²) in [7, 11) is 0. The summed E-state index contributed by atoms with van der Waals surface area (Å²) in [5.41, 5.74) is 2.15. The van der Waals surface area contributed by atoms with Crippen LogP contribution in [-0.2, 0) is 16.1 Å². The SMILES string of the molecule is Cc1nc([C@@H]2CCON2C(=O)[C@H]2CC[C@H](Cc3cc(F)c4nnc(C)n4c3)CC2)cs1. The summed E-state index contributed by atoms with van der Waals surface area (Å²) in [6.45, 7) is 4.35. The minimum absolute atomic E-state index is 0.0177. The number of aryl methyl sites for hydroxylation is 2. The van der Waals surface area contributed by atoms with Gasteiger partial charge in [-0.25, -0.2) is 14.4 Å². The Bertz CT molecular complexity index is 1100. The lowest BCUT2D eigenvalue weighted by Crippen LogP contribution is -2.37. The largest absolute Gasteiger partial charge is 0.284 e. The second-order valence-corrected chi connectivity index (χ2v) is 9.71. The zero-order chi connectivity index (χ0) is 21.5. The molecule has 1 saturated heterocycles. The van der Waals surface area contributed by atoms with E-state index in [0.717, 1.165) is 54.8 Å². The Kier molecular flexibility index (Phi) is 5.47. The van der Waals surface area contributed by atoms with Crippen molar-refractivity contribution in [3.05, 3.63) is 45.5 Å². The third-order valence-corrected chi connectivity index (χ3v) is 7.30. The first-order chi connectivity index (χ1) is 15.0. The molecule has 31 heavy (non-hydrogen) atoms. The first kappa shape index (κ1) is 20.5. The van der Waals surface area contributed by atoms with E-state index >= 15 is 0 Å². The van der Waals surface area contributed by atoms with Crippen LogP contribution in [0.15, 0.2) is 17.6 Å². The Hall–Kier alpha value is -2.39. The second kappa shape index (κ2) is 8.27. The van der Waals surface area contributed by atoms with Gasteiger partial charge in [0.2, 0.25) is 5.91 Å². The maximum absolute atomic E-state index is 14.3. The lowest BCUT2D eigenvalue weighted by molar-refractivity contribution is -0.183. The van der Waals surface area contributed by atoms with Gasteiger partial charge in [-0.3, -0.25) is 14.0 Å². The monoisotopic (exact) mass is 443 g/mol. The predicted molar refractivity (Wildman–Crippen MR) is 114 cm³/mol. The van der Waals surface area contributed by atoms with Gasteiger partial charge in [0.15, 0.2) is 11.5 Å². The van der Waals surface area contributed by atoms with Crippen molar-refractivity contribution >= 4 is 22.9 Å². The number of amides is 1. The van der Waals surface area contributed by atoms with Gasteiger partial charge in [0.25, 0.3) is 0 Å². The molecule has 0 radical (unpaired) electrons. The molecule has 2 aliphatic rings. The van der Waals surface area contributed by atoms with E-state index in [1.54, 1.807) is 26.9 Å². The molecule has 1 aliphatic heterocycles. The molecule has 2 fully saturated rings. The summed E-state index contributed by atoms with van der Waals surface area (Å²) >= 11 is 1.60. The Morgan fingerprint density at radius 2 is 2.03 bits per heavy atom. The highest BCUT2D eigenvalue weighted by molar-refractivity contribution is 7.09. The average molecular weight is 444 g/mol. The molecule has 5 rings (SSSR count). The van der Waals surface area contributed by atoms with Crippen molar-refractivity contribution in [3.8, 4) is 0 Å². The lowest BCUT2D eigenvalue weighted by atomic mass is 9.79. The molecule has 0 unspecified atom stereocenters. The molecule has 0 bridgehead atoms.